The molecule has 1 aromatic carbocycles. The number of halogens is 1. The van der Waals surface area contributed by atoms with Gasteiger partial charge in [-0.15, -0.1) is 6.42 Å². The molecule has 19 heavy (non-hydrogen) atoms. The van der Waals surface area contributed by atoms with Gasteiger partial charge in [0.25, 0.3) is 0 Å². The summed E-state index contributed by atoms with van der Waals surface area (Å²) in [6, 6.07) is 3.33. The molecule has 0 saturated carbocycles. The van der Waals surface area contributed by atoms with E-state index in [4.69, 9.17) is 18.0 Å². The lowest BCUT2D eigenvalue weighted by Crippen LogP contribution is -2.28. The standard InChI is InChI=1S/C13H12ClN3O2/c1-2-3-15-7-13(19)17-11-4-8-5-12(18)16-10(8)6-9(11)14/h1,4,6,15H,3,5,7H2,(H,16,18)(H,17,19). The Kier molecular flexibility index (Phi) is 4.05. The highest BCUT2D eigenvalue weighted by atomic mass is 35.5. The number of carbonyl (C=O) groups is 2. The second-order valence-corrected chi connectivity index (χ2v) is 4.48. The first kappa shape index (κ1) is 13.4. The van der Waals surface area contributed by atoms with E-state index in [1.54, 1.807) is 12.1 Å². The van der Waals surface area contributed by atoms with E-state index in [1.165, 1.54) is 0 Å². The summed E-state index contributed by atoms with van der Waals surface area (Å²) in [6.45, 7) is 0.429. The van der Waals surface area contributed by atoms with E-state index in [2.05, 4.69) is 21.9 Å². The van der Waals surface area contributed by atoms with Crippen molar-refractivity contribution in [3.8, 4) is 12.3 Å². The molecule has 1 heterocycles. The Morgan fingerprint density at radius 1 is 1.53 bits per heavy atom. The molecule has 1 aliphatic rings. The fourth-order valence-electron chi connectivity index (χ4n) is 1.79. The van der Waals surface area contributed by atoms with Crippen LogP contribution in [0.2, 0.25) is 5.02 Å². The highest BCUT2D eigenvalue weighted by Gasteiger charge is 2.20. The van der Waals surface area contributed by atoms with Crippen molar-refractivity contribution in [1.29, 1.82) is 0 Å². The number of anilines is 2. The molecule has 0 fully saturated rings. The Morgan fingerprint density at radius 2 is 2.32 bits per heavy atom. The summed E-state index contributed by atoms with van der Waals surface area (Å²) in [5.74, 6) is 2.05. The van der Waals surface area contributed by atoms with Crippen LogP contribution in [-0.4, -0.2) is 24.9 Å². The largest absolute Gasteiger partial charge is 0.325 e. The first-order valence-electron chi connectivity index (χ1n) is 5.66. The van der Waals surface area contributed by atoms with E-state index in [0.29, 0.717) is 29.4 Å². The molecule has 3 N–H and O–H groups in total. The van der Waals surface area contributed by atoms with E-state index in [9.17, 15) is 9.59 Å². The molecule has 2 amide bonds. The Bertz CT molecular complexity index is 578. The molecule has 98 valence electrons. The monoisotopic (exact) mass is 277 g/mol. The van der Waals surface area contributed by atoms with E-state index in [-0.39, 0.29) is 18.4 Å². The van der Waals surface area contributed by atoms with E-state index >= 15 is 0 Å². The van der Waals surface area contributed by atoms with Crippen LogP contribution in [0.1, 0.15) is 5.56 Å². The number of benzene rings is 1. The van der Waals surface area contributed by atoms with Crippen molar-refractivity contribution in [1.82, 2.24) is 5.32 Å². The minimum Gasteiger partial charge on any atom is -0.325 e. The van der Waals surface area contributed by atoms with Gasteiger partial charge in [-0.1, -0.05) is 17.5 Å². The van der Waals surface area contributed by atoms with Gasteiger partial charge in [0, 0.05) is 5.69 Å². The Labute approximate surface area is 115 Å². The van der Waals surface area contributed by atoms with Gasteiger partial charge in [-0.3, -0.25) is 14.9 Å². The van der Waals surface area contributed by atoms with Crippen LogP contribution in [0, 0.1) is 12.3 Å². The summed E-state index contributed by atoms with van der Waals surface area (Å²) in [7, 11) is 0. The van der Waals surface area contributed by atoms with Gasteiger partial charge in [0.2, 0.25) is 11.8 Å². The average molecular weight is 278 g/mol. The zero-order valence-corrected chi connectivity index (χ0v) is 10.8. The van der Waals surface area contributed by atoms with E-state index < -0.39 is 0 Å². The van der Waals surface area contributed by atoms with Crippen LogP contribution < -0.4 is 16.0 Å². The van der Waals surface area contributed by atoms with Crippen molar-refractivity contribution >= 4 is 34.8 Å². The van der Waals surface area contributed by atoms with Crippen molar-refractivity contribution in [3.63, 3.8) is 0 Å². The maximum absolute atomic E-state index is 11.6. The second-order valence-electron chi connectivity index (χ2n) is 4.07. The number of hydrogen-bond acceptors (Lipinski definition) is 3. The van der Waals surface area contributed by atoms with Crippen molar-refractivity contribution in [3.05, 3.63) is 22.7 Å². The van der Waals surface area contributed by atoms with Gasteiger partial charge in [-0.2, -0.15) is 0 Å². The molecule has 6 heteroatoms. The number of hydrogen-bond donors (Lipinski definition) is 3. The third-order valence-electron chi connectivity index (χ3n) is 2.60. The molecule has 0 aliphatic carbocycles. The van der Waals surface area contributed by atoms with Crippen LogP contribution in [-0.2, 0) is 16.0 Å². The number of amides is 2. The maximum atomic E-state index is 11.6. The van der Waals surface area contributed by atoms with Crippen LogP contribution in [0.4, 0.5) is 11.4 Å². The number of fused-ring (bicyclic) bond motifs is 1. The lowest BCUT2D eigenvalue weighted by Gasteiger charge is -2.09. The molecule has 0 aromatic heterocycles. The van der Waals surface area contributed by atoms with Crippen LogP contribution >= 0.6 is 11.6 Å². The number of rotatable bonds is 4. The second kappa shape index (κ2) is 5.74. The molecule has 5 nitrogen and oxygen atoms in total. The Balaban J connectivity index is 2.06. The minimum atomic E-state index is -0.241. The molecule has 0 radical (unpaired) electrons. The van der Waals surface area contributed by atoms with Gasteiger partial charge in [-0.05, 0) is 17.7 Å². The van der Waals surface area contributed by atoms with Gasteiger partial charge in [0.15, 0.2) is 0 Å². The summed E-state index contributed by atoms with van der Waals surface area (Å²) in [6.07, 6.45) is 5.36. The van der Waals surface area contributed by atoms with Crippen molar-refractivity contribution in [2.75, 3.05) is 23.7 Å². The fourth-order valence-corrected chi connectivity index (χ4v) is 2.00. The zero-order chi connectivity index (χ0) is 13.8. The van der Waals surface area contributed by atoms with Crippen LogP contribution in [0.25, 0.3) is 0 Å². The van der Waals surface area contributed by atoms with Gasteiger partial charge < -0.3 is 10.6 Å². The van der Waals surface area contributed by atoms with Crippen LogP contribution in [0.5, 0.6) is 0 Å². The lowest BCUT2D eigenvalue weighted by molar-refractivity contribution is -0.116. The predicted molar refractivity (Wildman–Crippen MR) is 74.1 cm³/mol. The number of nitrogens with one attached hydrogen (secondary N) is 3. The molecule has 1 aliphatic heterocycles. The maximum Gasteiger partial charge on any atom is 0.238 e. The van der Waals surface area contributed by atoms with Gasteiger partial charge in [-0.25, -0.2) is 0 Å². The molecule has 1 aromatic rings. The van der Waals surface area contributed by atoms with Gasteiger partial charge in [0.1, 0.15) is 0 Å². The molecule has 0 unspecified atom stereocenters. The van der Waals surface area contributed by atoms with Crippen molar-refractivity contribution < 1.29 is 9.59 Å². The molecule has 0 bridgehead atoms. The number of terminal acetylenes is 1. The SMILES string of the molecule is C#CCNCC(=O)Nc1cc2c(cc1Cl)NC(=O)C2. The lowest BCUT2D eigenvalue weighted by atomic mass is 10.1. The molecular formula is C13H12ClN3O2. The van der Waals surface area contributed by atoms with Gasteiger partial charge >= 0.3 is 0 Å². The highest BCUT2D eigenvalue weighted by Crippen LogP contribution is 2.32. The Morgan fingerprint density at radius 3 is 3.05 bits per heavy atom. The third-order valence-corrected chi connectivity index (χ3v) is 2.92. The summed E-state index contributed by atoms with van der Waals surface area (Å²) in [4.78, 5) is 22.9. The average Bonchev–Trinajstić information content (AvgIpc) is 2.69. The molecule has 0 saturated heterocycles. The summed E-state index contributed by atoms with van der Waals surface area (Å²) >= 11 is 6.04. The first-order chi connectivity index (χ1) is 9.10. The summed E-state index contributed by atoms with van der Waals surface area (Å²) in [5.41, 5.74) is 2.00. The fraction of sp³-hybridized carbons (Fsp3) is 0.231. The molecule has 2 rings (SSSR count). The zero-order valence-electron chi connectivity index (χ0n) is 10.0. The third kappa shape index (κ3) is 3.25. The summed E-state index contributed by atoms with van der Waals surface area (Å²) < 4.78 is 0. The van der Waals surface area contributed by atoms with Crippen molar-refractivity contribution in [2.24, 2.45) is 0 Å². The number of carbonyl (C=O) groups excluding carboxylic acids is 2. The van der Waals surface area contributed by atoms with Gasteiger partial charge in [0.05, 0.1) is 30.2 Å². The highest BCUT2D eigenvalue weighted by molar-refractivity contribution is 6.34. The molecule has 0 atom stereocenters. The normalized spacial score (nSPS) is 12.5. The molecule has 0 spiro atoms. The smallest absolute Gasteiger partial charge is 0.238 e. The van der Waals surface area contributed by atoms with Crippen molar-refractivity contribution in [2.45, 2.75) is 6.42 Å². The van der Waals surface area contributed by atoms with Crippen LogP contribution in [0.3, 0.4) is 0 Å². The summed E-state index contributed by atoms with van der Waals surface area (Å²) in [5, 5.41) is 8.52. The Hall–Kier alpha value is -2.03. The quantitative estimate of drug-likeness (QED) is 0.568. The topological polar surface area (TPSA) is 70.2 Å². The predicted octanol–water partition coefficient (Wildman–Crippen LogP) is 0.996. The first-order valence-corrected chi connectivity index (χ1v) is 6.04. The van der Waals surface area contributed by atoms with E-state index in [0.717, 1.165) is 5.56 Å². The minimum absolute atomic E-state index is 0.0785. The van der Waals surface area contributed by atoms with Crippen LogP contribution in [0.15, 0.2) is 12.1 Å². The van der Waals surface area contributed by atoms with E-state index in [1.807, 2.05) is 0 Å². The molecular weight excluding hydrogens is 266 g/mol.